The topological polar surface area (TPSA) is 64.6 Å². The van der Waals surface area contributed by atoms with Gasteiger partial charge in [0.25, 0.3) is 0 Å². The van der Waals surface area contributed by atoms with Crippen molar-refractivity contribution in [3.8, 4) is 0 Å². The van der Waals surface area contributed by atoms with Crippen LogP contribution in [-0.4, -0.2) is 28.0 Å². The molecule has 0 amide bonds. The second kappa shape index (κ2) is 9.64. The first-order valence-corrected chi connectivity index (χ1v) is 16.4. The predicted molar refractivity (Wildman–Crippen MR) is 159 cm³/mol. The van der Waals surface area contributed by atoms with E-state index in [1.807, 2.05) is 12.1 Å². The number of fused-ring (bicyclic) bond motifs is 7. The summed E-state index contributed by atoms with van der Waals surface area (Å²) in [5, 5.41) is 31.4. The number of hydrogen-bond acceptors (Lipinski definition) is 3. The van der Waals surface area contributed by atoms with E-state index in [0.29, 0.717) is 47.0 Å². The normalized spacial score (nSPS) is 47.5. The van der Waals surface area contributed by atoms with Crippen molar-refractivity contribution in [3.63, 3.8) is 0 Å². The third-order valence-corrected chi connectivity index (χ3v) is 15.0. The van der Waals surface area contributed by atoms with Gasteiger partial charge in [-0.25, -0.2) is 4.57 Å². The van der Waals surface area contributed by atoms with Gasteiger partial charge in [-0.15, -0.1) is 0 Å². The molecule has 1 aromatic heterocycles. The van der Waals surface area contributed by atoms with E-state index in [1.54, 1.807) is 0 Å². The van der Waals surface area contributed by atoms with Gasteiger partial charge in [0.2, 0.25) is 0 Å². The minimum absolute atomic E-state index is 0.00791. The molecule has 0 bridgehead atoms. The van der Waals surface area contributed by atoms with Crippen molar-refractivity contribution in [3.05, 3.63) is 42.2 Å². The number of aliphatic hydroxyl groups excluding tert-OH is 3. The van der Waals surface area contributed by atoms with Crippen LogP contribution in [-0.2, 0) is 13.2 Å². The van der Waals surface area contributed by atoms with E-state index in [4.69, 9.17) is 6.58 Å². The maximum atomic E-state index is 11.0. The van der Waals surface area contributed by atoms with Crippen molar-refractivity contribution >= 4 is 0 Å². The molecule has 4 heteroatoms. The van der Waals surface area contributed by atoms with Crippen LogP contribution in [0.25, 0.3) is 0 Å². The molecule has 0 saturated heterocycles. The van der Waals surface area contributed by atoms with E-state index in [9.17, 15) is 15.3 Å². The number of allylic oxidation sites excluding steroid dienone is 1. The fourth-order valence-corrected chi connectivity index (χ4v) is 12.5. The first-order valence-electron chi connectivity index (χ1n) is 16.4. The van der Waals surface area contributed by atoms with E-state index in [-0.39, 0.29) is 29.0 Å². The summed E-state index contributed by atoms with van der Waals surface area (Å²) < 4.78 is 2.21. The third-order valence-electron chi connectivity index (χ3n) is 15.0. The Bertz CT molecular complexity index is 1130. The zero-order chi connectivity index (χ0) is 28.7. The van der Waals surface area contributed by atoms with Gasteiger partial charge in [0.1, 0.15) is 0 Å². The number of aromatic nitrogens is 1. The average molecular weight is 551 g/mol. The maximum absolute atomic E-state index is 11.0. The van der Waals surface area contributed by atoms with Gasteiger partial charge in [-0.2, -0.15) is 0 Å². The van der Waals surface area contributed by atoms with Crippen molar-refractivity contribution in [2.75, 3.05) is 6.61 Å². The minimum atomic E-state index is -0.176. The quantitative estimate of drug-likeness (QED) is 0.291. The highest BCUT2D eigenvalue weighted by Gasteiger charge is 2.70. The third kappa shape index (κ3) is 3.83. The zero-order valence-corrected chi connectivity index (χ0v) is 26.0. The lowest BCUT2D eigenvalue weighted by atomic mass is 9.32. The molecule has 10 atom stereocenters. The summed E-state index contributed by atoms with van der Waals surface area (Å²) in [6.07, 6.45) is 15.8. The molecule has 5 aliphatic rings. The lowest BCUT2D eigenvalue weighted by molar-refractivity contribution is -0.689. The van der Waals surface area contributed by atoms with Crippen LogP contribution in [0.15, 0.2) is 36.7 Å². The lowest BCUT2D eigenvalue weighted by Crippen LogP contribution is -2.66. The minimum Gasteiger partial charge on any atom is -0.396 e. The first-order chi connectivity index (χ1) is 18.9. The second-order valence-electron chi connectivity index (χ2n) is 16.4. The zero-order valence-electron chi connectivity index (χ0n) is 26.0. The molecule has 5 saturated carbocycles. The number of nitrogens with zero attached hydrogens (tertiary/aromatic N) is 1. The molecule has 0 spiro atoms. The van der Waals surface area contributed by atoms with Gasteiger partial charge in [0, 0.05) is 18.7 Å². The summed E-state index contributed by atoms with van der Waals surface area (Å²) >= 11 is 0. The smallest absolute Gasteiger partial charge is 0.169 e. The molecule has 5 fully saturated rings. The van der Waals surface area contributed by atoms with E-state index in [0.717, 1.165) is 37.8 Å². The predicted octanol–water partition coefficient (Wildman–Crippen LogP) is 6.46. The second-order valence-corrected chi connectivity index (χ2v) is 16.4. The summed E-state index contributed by atoms with van der Waals surface area (Å²) in [4.78, 5) is 0. The fourth-order valence-electron chi connectivity index (χ4n) is 12.5. The van der Waals surface area contributed by atoms with Crippen LogP contribution in [0.3, 0.4) is 0 Å². The highest BCUT2D eigenvalue weighted by Crippen LogP contribution is 2.77. The summed E-state index contributed by atoms with van der Waals surface area (Å²) in [6, 6.07) is 4.00. The van der Waals surface area contributed by atoms with Crippen molar-refractivity contribution in [2.24, 2.45) is 56.7 Å². The summed E-state index contributed by atoms with van der Waals surface area (Å²) in [6.45, 7) is 18.5. The number of rotatable bonds is 5. The molecule has 1 aromatic rings. The van der Waals surface area contributed by atoms with Crippen LogP contribution in [0.1, 0.15) is 104 Å². The fraction of sp³-hybridized carbons (Fsp3) is 0.806. The van der Waals surface area contributed by atoms with Crippen LogP contribution >= 0.6 is 0 Å². The molecule has 2 unspecified atom stereocenters. The first kappa shape index (κ1) is 28.9. The highest BCUT2D eigenvalue weighted by atomic mass is 16.3. The molecule has 5 aliphatic carbocycles. The summed E-state index contributed by atoms with van der Waals surface area (Å²) in [5.41, 5.74) is 3.16. The lowest BCUT2D eigenvalue weighted by Gasteiger charge is -2.73. The van der Waals surface area contributed by atoms with E-state index < -0.39 is 0 Å². The van der Waals surface area contributed by atoms with Crippen molar-refractivity contribution in [2.45, 2.75) is 118 Å². The van der Waals surface area contributed by atoms with Gasteiger partial charge in [0.15, 0.2) is 18.9 Å². The van der Waals surface area contributed by atoms with Crippen LogP contribution in [0.5, 0.6) is 0 Å². The van der Waals surface area contributed by atoms with Gasteiger partial charge in [-0.3, -0.25) is 0 Å². The molecule has 0 aliphatic heterocycles. The summed E-state index contributed by atoms with van der Waals surface area (Å²) in [7, 11) is 0. The Balaban J connectivity index is 1.32. The molecule has 0 aromatic carbocycles. The average Bonchev–Trinajstić information content (AvgIpc) is 3.32. The van der Waals surface area contributed by atoms with E-state index in [2.05, 4.69) is 51.6 Å². The van der Waals surface area contributed by atoms with Crippen molar-refractivity contribution in [1.82, 2.24) is 0 Å². The maximum Gasteiger partial charge on any atom is 0.169 e. The number of aliphatic hydroxyl groups is 3. The van der Waals surface area contributed by atoms with Crippen LogP contribution in [0, 0.1) is 56.7 Å². The molecule has 1 heterocycles. The van der Waals surface area contributed by atoms with Gasteiger partial charge in [-0.05, 0) is 132 Å². The largest absolute Gasteiger partial charge is 0.396 e. The van der Waals surface area contributed by atoms with Gasteiger partial charge >= 0.3 is 0 Å². The standard InChI is InChI=1S/C36H56NO3/c1-24(21-37-19-12-25(22-38)13-20-37)26-9-16-36(23-39)18-17-34(5)27(31(26)36)7-8-29-33(4)14-11-30(40)32(2,3)28(33)10-15-35(29,34)6/h12-13,19-20,26-31,38-40H,1,7-11,14-18,21-23H2,2-6H3/q+1/t26-,27+,28-,29?,30?,31+,33-,34+,35+,36+/m0/s1. The molecule has 3 N–H and O–H groups in total. The molecule has 6 rings (SSSR count). The number of hydrogen-bond donors (Lipinski definition) is 3. The van der Waals surface area contributed by atoms with Gasteiger partial charge < -0.3 is 15.3 Å². The Morgan fingerprint density at radius 2 is 1.57 bits per heavy atom. The van der Waals surface area contributed by atoms with Crippen LogP contribution in [0.4, 0.5) is 0 Å². The van der Waals surface area contributed by atoms with Crippen molar-refractivity contribution < 1.29 is 19.9 Å². The Morgan fingerprint density at radius 1 is 0.850 bits per heavy atom. The molecular weight excluding hydrogens is 494 g/mol. The summed E-state index contributed by atoms with van der Waals surface area (Å²) in [5.74, 6) is 2.89. The van der Waals surface area contributed by atoms with Crippen LogP contribution < -0.4 is 4.57 Å². The van der Waals surface area contributed by atoms with Crippen LogP contribution in [0.2, 0.25) is 0 Å². The molecule has 222 valence electrons. The molecular formula is C36H56NO3+. The SMILES string of the molecule is C=C(C[n+]1ccc(CO)cc1)[C@@H]1CC[C@]2(CO)CC[C@]3(C)[C@H](CCC4[C@@]5(C)CCC(O)C(C)(C)[C@@H]5CC[C@]43C)[C@@H]12. The van der Waals surface area contributed by atoms with Gasteiger partial charge in [-0.1, -0.05) is 41.2 Å². The Morgan fingerprint density at radius 3 is 2.25 bits per heavy atom. The number of pyridine rings is 1. The van der Waals surface area contributed by atoms with E-state index in [1.165, 1.54) is 44.1 Å². The Kier molecular flexibility index (Phi) is 6.96. The Labute approximate surface area is 243 Å². The van der Waals surface area contributed by atoms with E-state index >= 15 is 0 Å². The molecule has 40 heavy (non-hydrogen) atoms. The monoisotopic (exact) mass is 550 g/mol. The Hall–Kier alpha value is -1.23. The van der Waals surface area contributed by atoms with Gasteiger partial charge in [0.05, 0.1) is 12.7 Å². The molecule has 4 nitrogen and oxygen atoms in total. The molecule has 0 radical (unpaired) electrons. The van der Waals surface area contributed by atoms with Crippen molar-refractivity contribution in [1.29, 1.82) is 0 Å². The highest BCUT2D eigenvalue weighted by molar-refractivity contribution is 5.22.